The van der Waals surface area contributed by atoms with Crippen LogP contribution in [0, 0.1) is 0 Å². The molecular weight excluding hydrogens is 288 g/mol. The Kier molecular flexibility index (Phi) is 4.99. The number of fused-ring (bicyclic) bond motifs is 1. The van der Waals surface area contributed by atoms with Crippen molar-refractivity contribution in [1.82, 2.24) is 9.80 Å². The molecule has 1 aliphatic carbocycles. The average Bonchev–Trinajstić information content (AvgIpc) is 3.06. The number of carbonyl (C=O) groups is 2. The number of hydrogen-bond acceptors (Lipinski definition) is 2. The summed E-state index contributed by atoms with van der Waals surface area (Å²) in [6, 6.07) is 6.15. The molecule has 0 N–H and O–H groups in total. The molecule has 1 fully saturated rings. The predicted molar refractivity (Wildman–Crippen MR) is 90.5 cm³/mol. The zero-order chi connectivity index (χ0) is 16.2. The molecule has 1 aliphatic heterocycles. The van der Waals surface area contributed by atoms with Crippen LogP contribution in [-0.4, -0.2) is 47.8 Å². The summed E-state index contributed by atoms with van der Waals surface area (Å²) in [5, 5.41) is 0. The minimum absolute atomic E-state index is 0.111. The molecule has 0 aromatic heterocycles. The van der Waals surface area contributed by atoms with Crippen LogP contribution in [0.25, 0.3) is 0 Å². The number of piperazine rings is 1. The molecule has 4 heteroatoms. The third-order valence-electron chi connectivity index (χ3n) is 5.01. The van der Waals surface area contributed by atoms with E-state index in [1.165, 1.54) is 17.5 Å². The smallest absolute Gasteiger partial charge is 0.253 e. The normalized spacial score (nSPS) is 17.3. The Morgan fingerprint density at radius 2 is 1.70 bits per heavy atom. The number of rotatable bonds is 4. The first-order chi connectivity index (χ1) is 11.2. The van der Waals surface area contributed by atoms with Crippen molar-refractivity contribution >= 4 is 11.8 Å². The number of amides is 2. The van der Waals surface area contributed by atoms with E-state index in [0.29, 0.717) is 32.6 Å². The highest BCUT2D eigenvalue weighted by Gasteiger charge is 2.25. The average molecular weight is 314 g/mol. The van der Waals surface area contributed by atoms with Crippen LogP contribution in [0.4, 0.5) is 0 Å². The lowest BCUT2D eigenvalue weighted by atomic mass is 10.1. The summed E-state index contributed by atoms with van der Waals surface area (Å²) in [4.78, 5) is 28.5. The number of benzene rings is 1. The van der Waals surface area contributed by atoms with Crippen molar-refractivity contribution in [3.8, 4) is 0 Å². The topological polar surface area (TPSA) is 40.6 Å². The van der Waals surface area contributed by atoms with Crippen LogP contribution in [-0.2, 0) is 17.6 Å². The molecule has 2 aliphatic rings. The molecule has 0 spiro atoms. The van der Waals surface area contributed by atoms with E-state index in [0.717, 1.165) is 31.2 Å². The quantitative estimate of drug-likeness (QED) is 0.857. The van der Waals surface area contributed by atoms with Gasteiger partial charge in [-0.05, 0) is 48.9 Å². The molecule has 1 aromatic carbocycles. The lowest BCUT2D eigenvalue weighted by Crippen LogP contribution is -2.50. The van der Waals surface area contributed by atoms with Crippen molar-refractivity contribution in [1.29, 1.82) is 0 Å². The van der Waals surface area contributed by atoms with Crippen molar-refractivity contribution in [2.45, 2.75) is 45.4 Å². The van der Waals surface area contributed by atoms with Crippen LogP contribution in [0.2, 0.25) is 0 Å². The van der Waals surface area contributed by atoms with Gasteiger partial charge in [0.2, 0.25) is 5.91 Å². The third-order valence-corrected chi connectivity index (χ3v) is 5.01. The van der Waals surface area contributed by atoms with Gasteiger partial charge in [0.25, 0.3) is 5.91 Å². The summed E-state index contributed by atoms with van der Waals surface area (Å²) >= 11 is 0. The van der Waals surface area contributed by atoms with Crippen molar-refractivity contribution in [3.05, 3.63) is 34.9 Å². The minimum Gasteiger partial charge on any atom is -0.339 e. The van der Waals surface area contributed by atoms with Crippen LogP contribution in [0.1, 0.15) is 54.1 Å². The zero-order valence-corrected chi connectivity index (χ0v) is 14.0. The maximum Gasteiger partial charge on any atom is 0.253 e. The summed E-state index contributed by atoms with van der Waals surface area (Å²) in [6.45, 7) is 4.72. The highest BCUT2D eigenvalue weighted by molar-refractivity contribution is 5.94. The first-order valence-electron chi connectivity index (χ1n) is 8.88. The molecule has 1 heterocycles. The predicted octanol–water partition coefficient (Wildman–Crippen LogP) is 2.65. The summed E-state index contributed by atoms with van der Waals surface area (Å²) in [6.07, 6.45) is 6.06. The van der Waals surface area contributed by atoms with Crippen molar-refractivity contribution in [3.63, 3.8) is 0 Å². The van der Waals surface area contributed by atoms with E-state index >= 15 is 0 Å². The number of carbonyl (C=O) groups excluding carboxylic acids is 2. The summed E-state index contributed by atoms with van der Waals surface area (Å²) in [5.41, 5.74) is 3.54. The molecule has 0 atom stereocenters. The van der Waals surface area contributed by atoms with E-state index < -0.39 is 0 Å². The SMILES string of the molecule is CCCCC(=O)N1CCN(C(=O)c2ccc3c(c2)CCC3)CC1. The maximum absolute atomic E-state index is 12.7. The van der Waals surface area contributed by atoms with Crippen molar-refractivity contribution in [2.75, 3.05) is 26.2 Å². The lowest BCUT2D eigenvalue weighted by Gasteiger charge is -2.35. The Balaban J connectivity index is 1.57. The minimum atomic E-state index is 0.111. The van der Waals surface area contributed by atoms with Gasteiger partial charge in [0.05, 0.1) is 0 Å². The molecule has 0 radical (unpaired) electrons. The Morgan fingerprint density at radius 3 is 2.43 bits per heavy atom. The van der Waals surface area contributed by atoms with E-state index in [1.54, 1.807) is 0 Å². The van der Waals surface area contributed by atoms with E-state index in [1.807, 2.05) is 15.9 Å². The van der Waals surface area contributed by atoms with Crippen LogP contribution in [0.3, 0.4) is 0 Å². The maximum atomic E-state index is 12.7. The van der Waals surface area contributed by atoms with Gasteiger partial charge in [-0.2, -0.15) is 0 Å². The third kappa shape index (κ3) is 3.57. The molecule has 1 aromatic rings. The van der Waals surface area contributed by atoms with Gasteiger partial charge in [-0.25, -0.2) is 0 Å². The Bertz CT molecular complexity index is 589. The van der Waals surface area contributed by atoms with Crippen LogP contribution in [0.5, 0.6) is 0 Å². The second-order valence-electron chi connectivity index (χ2n) is 6.61. The van der Waals surface area contributed by atoms with Crippen LogP contribution in [0.15, 0.2) is 18.2 Å². The van der Waals surface area contributed by atoms with E-state index in [2.05, 4.69) is 19.1 Å². The molecule has 124 valence electrons. The fourth-order valence-electron chi connectivity index (χ4n) is 3.53. The molecule has 0 bridgehead atoms. The molecule has 0 unspecified atom stereocenters. The van der Waals surface area contributed by atoms with Gasteiger partial charge >= 0.3 is 0 Å². The summed E-state index contributed by atoms with van der Waals surface area (Å²) in [7, 11) is 0. The highest BCUT2D eigenvalue weighted by Crippen LogP contribution is 2.23. The largest absolute Gasteiger partial charge is 0.339 e. The van der Waals surface area contributed by atoms with Crippen LogP contribution < -0.4 is 0 Å². The van der Waals surface area contributed by atoms with Gasteiger partial charge in [-0.3, -0.25) is 9.59 Å². The van der Waals surface area contributed by atoms with Gasteiger partial charge in [-0.1, -0.05) is 19.4 Å². The number of hydrogen-bond donors (Lipinski definition) is 0. The molecule has 23 heavy (non-hydrogen) atoms. The molecule has 4 nitrogen and oxygen atoms in total. The van der Waals surface area contributed by atoms with Gasteiger partial charge in [0, 0.05) is 38.2 Å². The second-order valence-corrected chi connectivity index (χ2v) is 6.61. The fourth-order valence-corrected chi connectivity index (χ4v) is 3.53. The molecule has 0 saturated carbocycles. The zero-order valence-electron chi connectivity index (χ0n) is 14.0. The summed E-state index contributed by atoms with van der Waals surface area (Å²) in [5.74, 6) is 0.344. The molecule has 2 amide bonds. The van der Waals surface area contributed by atoms with E-state index in [9.17, 15) is 9.59 Å². The second kappa shape index (κ2) is 7.16. The van der Waals surface area contributed by atoms with Crippen molar-refractivity contribution in [2.24, 2.45) is 0 Å². The van der Waals surface area contributed by atoms with Gasteiger partial charge in [-0.15, -0.1) is 0 Å². The molecule has 3 rings (SSSR count). The Morgan fingerprint density at radius 1 is 1.00 bits per heavy atom. The summed E-state index contributed by atoms with van der Waals surface area (Å²) < 4.78 is 0. The van der Waals surface area contributed by atoms with Crippen LogP contribution >= 0.6 is 0 Å². The molecular formula is C19H26N2O2. The number of aryl methyl sites for hydroxylation is 2. The first kappa shape index (κ1) is 16.0. The number of nitrogens with zero attached hydrogens (tertiary/aromatic N) is 2. The first-order valence-corrected chi connectivity index (χ1v) is 8.88. The number of unbranched alkanes of at least 4 members (excludes halogenated alkanes) is 1. The van der Waals surface area contributed by atoms with Gasteiger partial charge < -0.3 is 9.80 Å². The highest BCUT2D eigenvalue weighted by atomic mass is 16.2. The molecule has 1 saturated heterocycles. The lowest BCUT2D eigenvalue weighted by molar-refractivity contribution is -0.132. The van der Waals surface area contributed by atoms with Crippen molar-refractivity contribution < 1.29 is 9.59 Å². The van der Waals surface area contributed by atoms with Gasteiger partial charge in [0.15, 0.2) is 0 Å². The Labute approximate surface area is 138 Å². The standard InChI is InChI=1S/C19H26N2O2/c1-2-3-7-18(22)20-10-12-21(13-11-20)19(23)17-9-8-15-5-4-6-16(15)14-17/h8-9,14H,2-7,10-13H2,1H3. The van der Waals surface area contributed by atoms with E-state index in [4.69, 9.17) is 0 Å². The fraction of sp³-hybridized carbons (Fsp3) is 0.579. The van der Waals surface area contributed by atoms with Gasteiger partial charge in [0.1, 0.15) is 0 Å². The monoisotopic (exact) mass is 314 g/mol. The Hall–Kier alpha value is -1.84. The van der Waals surface area contributed by atoms with E-state index in [-0.39, 0.29) is 11.8 Å².